The van der Waals surface area contributed by atoms with Gasteiger partial charge in [-0.1, -0.05) is 17.7 Å². The predicted octanol–water partition coefficient (Wildman–Crippen LogP) is 3.55. The van der Waals surface area contributed by atoms with E-state index in [0.29, 0.717) is 5.92 Å². The summed E-state index contributed by atoms with van der Waals surface area (Å²) in [5.41, 5.74) is 1.25. The molecule has 0 bridgehead atoms. The number of carbonyl (C=O) groups excluding carboxylic acids is 1. The van der Waals surface area contributed by atoms with E-state index in [1.54, 1.807) is 0 Å². The van der Waals surface area contributed by atoms with Crippen LogP contribution in [0.15, 0.2) is 24.3 Å². The third-order valence-electron chi connectivity index (χ3n) is 4.43. The van der Waals surface area contributed by atoms with Crippen LogP contribution in [-0.4, -0.2) is 48.6 Å². The first kappa shape index (κ1) is 16.7. The van der Waals surface area contributed by atoms with E-state index >= 15 is 0 Å². The summed E-state index contributed by atoms with van der Waals surface area (Å²) >= 11 is 0. The van der Waals surface area contributed by atoms with Gasteiger partial charge in [-0.3, -0.25) is 0 Å². The Morgan fingerprint density at radius 1 is 1.18 bits per heavy atom. The minimum Gasteiger partial charge on any atom is -0.493 e. The van der Waals surface area contributed by atoms with Crippen molar-refractivity contribution in [1.82, 2.24) is 9.80 Å². The molecule has 0 saturated carbocycles. The number of rotatable bonds is 5. The van der Waals surface area contributed by atoms with E-state index in [0.717, 1.165) is 51.4 Å². The van der Waals surface area contributed by atoms with Crippen molar-refractivity contribution < 1.29 is 9.53 Å². The zero-order valence-electron chi connectivity index (χ0n) is 14.0. The summed E-state index contributed by atoms with van der Waals surface area (Å²) in [5, 5.41) is 0. The maximum Gasteiger partial charge on any atom is 0.319 e. The SMILES string of the molecule is CCN(CC)C(=O)N1CCC(COc2ccc(C)cc2)CC1. The highest BCUT2D eigenvalue weighted by Gasteiger charge is 2.25. The molecule has 0 aromatic heterocycles. The van der Waals surface area contributed by atoms with Crippen LogP contribution in [-0.2, 0) is 0 Å². The summed E-state index contributed by atoms with van der Waals surface area (Å²) in [6.07, 6.45) is 2.05. The predicted molar refractivity (Wildman–Crippen MR) is 89.3 cm³/mol. The quantitative estimate of drug-likeness (QED) is 0.833. The number of benzene rings is 1. The Hall–Kier alpha value is -1.71. The second-order valence-electron chi connectivity index (χ2n) is 6.01. The van der Waals surface area contributed by atoms with E-state index < -0.39 is 0 Å². The lowest BCUT2D eigenvalue weighted by molar-refractivity contribution is 0.121. The number of amides is 2. The van der Waals surface area contributed by atoms with Crippen LogP contribution >= 0.6 is 0 Å². The number of urea groups is 1. The average Bonchev–Trinajstić information content (AvgIpc) is 2.56. The summed E-state index contributed by atoms with van der Waals surface area (Å²) in [6.45, 7) is 10.1. The van der Waals surface area contributed by atoms with Crippen molar-refractivity contribution in [3.8, 4) is 5.75 Å². The Balaban J connectivity index is 1.75. The number of aryl methyl sites for hydroxylation is 1. The zero-order chi connectivity index (χ0) is 15.9. The van der Waals surface area contributed by atoms with Gasteiger partial charge in [-0.05, 0) is 51.7 Å². The van der Waals surface area contributed by atoms with E-state index in [1.807, 2.05) is 35.8 Å². The minimum atomic E-state index is 0.183. The third-order valence-corrected chi connectivity index (χ3v) is 4.43. The van der Waals surface area contributed by atoms with Gasteiger partial charge >= 0.3 is 6.03 Å². The molecule has 122 valence electrons. The fraction of sp³-hybridized carbons (Fsp3) is 0.611. The monoisotopic (exact) mass is 304 g/mol. The molecular formula is C18H28N2O2. The summed E-state index contributed by atoms with van der Waals surface area (Å²) < 4.78 is 5.87. The van der Waals surface area contributed by atoms with Gasteiger partial charge < -0.3 is 14.5 Å². The Morgan fingerprint density at radius 3 is 2.32 bits per heavy atom. The molecule has 2 rings (SSSR count). The van der Waals surface area contributed by atoms with Crippen LogP contribution in [0.5, 0.6) is 5.75 Å². The topological polar surface area (TPSA) is 32.8 Å². The first-order valence-electron chi connectivity index (χ1n) is 8.37. The maximum atomic E-state index is 12.3. The molecule has 1 heterocycles. The number of nitrogens with zero attached hydrogens (tertiary/aromatic N) is 2. The van der Waals surface area contributed by atoms with Crippen molar-refractivity contribution in [2.24, 2.45) is 5.92 Å². The van der Waals surface area contributed by atoms with Crippen molar-refractivity contribution in [2.75, 3.05) is 32.8 Å². The normalized spacial score (nSPS) is 15.7. The second kappa shape index (κ2) is 8.06. The van der Waals surface area contributed by atoms with Crippen LogP contribution in [0.2, 0.25) is 0 Å². The molecule has 1 aromatic carbocycles. The molecule has 0 aliphatic carbocycles. The van der Waals surface area contributed by atoms with Crippen LogP contribution in [0.25, 0.3) is 0 Å². The standard InChI is InChI=1S/C18H28N2O2/c1-4-19(5-2)18(21)20-12-10-16(11-13-20)14-22-17-8-6-15(3)7-9-17/h6-9,16H,4-5,10-14H2,1-3H3. The van der Waals surface area contributed by atoms with Crippen molar-refractivity contribution in [1.29, 1.82) is 0 Å². The van der Waals surface area contributed by atoms with Gasteiger partial charge in [0.25, 0.3) is 0 Å². The fourth-order valence-electron chi connectivity index (χ4n) is 2.83. The molecule has 4 heteroatoms. The van der Waals surface area contributed by atoms with Crippen LogP contribution in [0.4, 0.5) is 4.79 Å². The molecule has 1 fully saturated rings. The number of likely N-dealkylation sites (tertiary alicyclic amines) is 1. The van der Waals surface area contributed by atoms with Gasteiger partial charge in [-0.2, -0.15) is 0 Å². The summed E-state index contributed by atoms with van der Waals surface area (Å²) in [4.78, 5) is 16.2. The second-order valence-corrected chi connectivity index (χ2v) is 6.01. The molecule has 0 unspecified atom stereocenters. The Bertz CT molecular complexity index is 460. The average molecular weight is 304 g/mol. The first-order chi connectivity index (χ1) is 10.6. The highest BCUT2D eigenvalue weighted by atomic mass is 16.5. The molecule has 1 aromatic rings. The van der Waals surface area contributed by atoms with Gasteiger partial charge in [0, 0.05) is 26.2 Å². The van der Waals surface area contributed by atoms with Crippen LogP contribution < -0.4 is 4.74 Å². The molecule has 1 saturated heterocycles. The summed E-state index contributed by atoms with van der Waals surface area (Å²) in [5.74, 6) is 1.48. The summed E-state index contributed by atoms with van der Waals surface area (Å²) in [7, 11) is 0. The van der Waals surface area contributed by atoms with Gasteiger partial charge in [0.05, 0.1) is 6.61 Å². The Kier molecular flexibility index (Phi) is 6.10. The Morgan fingerprint density at radius 2 is 1.77 bits per heavy atom. The molecule has 0 spiro atoms. The number of hydrogen-bond donors (Lipinski definition) is 0. The minimum absolute atomic E-state index is 0.183. The number of hydrogen-bond acceptors (Lipinski definition) is 2. The third kappa shape index (κ3) is 4.39. The number of piperidine rings is 1. The van der Waals surface area contributed by atoms with E-state index in [9.17, 15) is 4.79 Å². The molecule has 22 heavy (non-hydrogen) atoms. The van der Waals surface area contributed by atoms with Gasteiger partial charge in [-0.25, -0.2) is 4.79 Å². The van der Waals surface area contributed by atoms with E-state index in [4.69, 9.17) is 4.74 Å². The molecule has 0 atom stereocenters. The smallest absolute Gasteiger partial charge is 0.319 e. The van der Waals surface area contributed by atoms with Crippen molar-refractivity contribution in [3.63, 3.8) is 0 Å². The number of carbonyl (C=O) groups is 1. The molecule has 0 N–H and O–H groups in total. The van der Waals surface area contributed by atoms with Gasteiger partial charge in [0.1, 0.15) is 5.75 Å². The van der Waals surface area contributed by atoms with Gasteiger partial charge in [0.15, 0.2) is 0 Å². The molecular weight excluding hydrogens is 276 g/mol. The lowest BCUT2D eigenvalue weighted by atomic mass is 9.98. The van der Waals surface area contributed by atoms with Crippen LogP contribution in [0.3, 0.4) is 0 Å². The lowest BCUT2D eigenvalue weighted by Gasteiger charge is -2.35. The van der Waals surface area contributed by atoms with Crippen LogP contribution in [0.1, 0.15) is 32.3 Å². The van der Waals surface area contributed by atoms with E-state index in [1.165, 1.54) is 5.56 Å². The fourth-order valence-corrected chi connectivity index (χ4v) is 2.83. The zero-order valence-corrected chi connectivity index (χ0v) is 14.0. The first-order valence-corrected chi connectivity index (χ1v) is 8.37. The Labute approximate surface area is 134 Å². The molecule has 1 aliphatic heterocycles. The largest absolute Gasteiger partial charge is 0.493 e. The summed E-state index contributed by atoms with van der Waals surface area (Å²) in [6, 6.07) is 8.37. The molecule has 1 aliphatic rings. The molecule has 2 amide bonds. The lowest BCUT2D eigenvalue weighted by Crippen LogP contribution is -2.47. The van der Waals surface area contributed by atoms with E-state index in [-0.39, 0.29) is 6.03 Å². The molecule has 4 nitrogen and oxygen atoms in total. The highest BCUT2D eigenvalue weighted by molar-refractivity contribution is 5.74. The van der Waals surface area contributed by atoms with Gasteiger partial charge in [0.2, 0.25) is 0 Å². The molecule has 0 radical (unpaired) electrons. The van der Waals surface area contributed by atoms with Crippen LogP contribution in [0, 0.1) is 12.8 Å². The van der Waals surface area contributed by atoms with Gasteiger partial charge in [-0.15, -0.1) is 0 Å². The van der Waals surface area contributed by atoms with Crippen molar-refractivity contribution >= 4 is 6.03 Å². The van der Waals surface area contributed by atoms with Crippen molar-refractivity contribution in [3.05, 3.63) is 29.8 Å². The van der Waals surface area contributed by atoms with Crippen molar-refractivity contribution in [2.45, 2.75) is 33.6 Å². The number of ether oxygens (including phenoxy) is 1. The highest BCUT2D eigenvalue weighted by Crippen LogP contribution is 2.20. The van der Waals surface area contributed by atoms with E-state index in [2.05, 4.69) is 19.1 Å². The maximum absolute atomic E-state index is 12.3.